The van der Waals surface area contributed by atoms with Crippen molar-refractivity contribution in [3.05, 3.63) is 12.2 Å². The third kappa shape index (κ3) is 28.9. The van der Waals surface area contributed by atoms with Gasteiger partial charge in [0.15, 0.2) is 6.29 Å². The average molecular weight is 1210 g/mol. The molecule has 0 aromatic rings. The van der Waals surface area contributed by atoms with Crippen LogP contribution in [0.2, 0.25) is 0 Å². The number of ether oxygens (including phenoxy) is 12. The van der Waals surface area contributed by atoms with E-state index < -0.39 is 127 Å². The second kappa shape index (κ2) is 44.0. The molecule has 488 valence electrons. The van der Waals surface area contributed by atoms with Gasteiger partial charge >= 0.3 is 16.4 Å². The molecule has 2 aliphatic heterocycles. The molecular formula is C60H112N2O20S. The highest BCUT2D eigenvalue weighted by Gasteiger charge is 2.58. The highest BCUT2D eigenvalue weighted by Crippen LogP contribution is 2.38. The number of rotatable bonds is 50. The van der Waals surface area contributed by atoms with E-state index in [1.807, 2.05) is 6.08 Å². The molecule has 0 aromatic heterocycles. The van der Waals surface area contributed by atoms with E-state index in [9.17, 15) is 32.5 Å². The van der Waals surface area contributed by atoms with Gasteiger partial charge in [-0.3, -0.25) is 14.1 Å². The van der Waals surface area contributed by atoms with Gasteiger partial charge in [0.2, 0.25) is 11.8 Å². The fourth-order valence-electron chi connectivity index (χ4n) is 11.2. The molecule has 0 aliphatic carbocycles. The summed E-state index contributed by atoms with van der Waals surface area (Å²) in [6.45, 7) is 6.80. The number of unbranched alkanes of at least 4 members (excludes halogenated alkanes) is 20. The molecule has 4 N–H and O–H groups in total. The Balaban J connectivity index is 2.38. The van der Waals surface area contributed by atoms with Crippen LogP contribution in [-0.2, 0) is 85.8 Å². The minimum atomic E-state index is -5.13. The second-order valence-electron chi connectivity index (χ2n) is 22.7. The van der Waals surface area contributed by atoms with E-state index in [0.29, 0.717) is 6.42 Å². The zero-order chi connectivity index (χ0) is 61.6. The van der Waals surface area contributed by atoms with Crippen molar-refractivity contribution in [3.8, 4) is 0 Å². The summed E-state index contributed by atoms with van der Waals surface area (Å²) >= 11 is 0. The van der Waals surface area contributed by atoms with Gasteiger partial charge in [-0.15, -0.1) is 0 Å². The van der Waals surface area contributed by atoms with Gasteiger partial charge in [-0.25, -0.2) is 8.98 Å². The molecule has 0 spiro atoms. The summed E-state index contributed by atoms with van der Waals surface area (Å²) in [5.41, 5.74) is 0. The predicted molar refractivity (Wildman–Crippen MR) is 314 cm³/mol. The fraction of sp³-hybridized carbons (Fsp3) is 0.917. The molecule has 22 nitrogen and oxygen atoms in total. The summed E-state index contributed by atoms with van der Waals surface area (Å²) < 4.78 is 111. The number of nitrogens with one attached hydrogen (secondary N) is 2. The number of carboxylic acids is 1. The fourth-order valence-corrected chi connectivity index (χ4v) is 11.7. The number of carboxylic acid groups (broad SMARTS) is 1. The van der Waals surface area contributed by atoms with Gasteiger partial charge in [0.25, 0.3) is 5.79 Å². The standard InChI is InChI=1S/C60H112N2O20S/c1-13-14-15-16-17-18-19-20-21-22-25-29-32-35-38-47(72-7)57(64)62-45(46(71-6)37-34-31-28-26-23-24-27-30-33-36-43(2)3)40-78-58-56(77-12)55(76-11)52(74-9)49(80-58)42-79-60(59(65)66)39-48(73-8)51(61-44(4)63)54(81-60)53(75-10)50(41-70-5)82-83(67,68)69/h34,37,43,45-56,58H,13-33,35-36,38-42H2,1-12H3,(H,61,63)(H,62,64)(H,65,66)(H,67,68,69)/b37-34+/t45-,46+,47+,48-,49+,50+,51+,52+,53+,54+,55-,56+,58+,60+/m0/s1. The second-order valence-corrected chi connectivity index (χ2v) is 23.7. The molecule has 0 bridgehead atoms. The van der Waals surface area contributed by atoms with Crippen LogP contribution in [0.5, 0.6) is 0 Å². The number of allylic oxidation sites excluding steroid dienone is 1. The highest BCUT2D eigenvalue weighted by molar-refractivity contribution is 7.80. The molecule has 2 amide bonds. The van der Waals surface area contributed by atoms with Crippen molar-refractivity contribution in [2.45, 2.75) is 273 Å². The zero-order valence-corrected chi connectivity index (χ0v) is 53.5. The quantitative estimate of drug-likeness (QED) is 0.0252. The van der Waals surface area contributed by atoms with E-state index in [2.05, 4.69) is 37.5 Å². The summed E-state index contributed by atoms with van der Waals surface area (Å²) in [4.78, 5) is 40.3. The molecule has 0 radical (unpaired) electrons. The molecule has 2 fully saturated rings. The maximum atomic E-state index is 14.2. The molecule has 0 saturated carbocycles. The molecule has 14 atom stereocenters. The Kier molecular flexibility index (Phi) is 40.7. The van der Waals surface area contributed by atoms with E-state index in [1.54, 1.807) is 7.11 Å². The molecule has 2 heterocycles. The Morgan fingerprint density at radius 2 is 1.25 bits per heavy atom. The number of methoxy groups -OCH3 is 8. The van der Waals surface area contributed by atoms with Crippen LogP contribution in [0, 0.1) is 5.92 Å². The monoisotopic (exact) mass is 1210 g/mol. The smallest absolute Gasteiger partial charge is 0.397 e. The molecular weight excluding hydrogens is 1100 g/mol. The lowest BCUT2D eigenvalue weighted by atomic mass is 9.88. The van der Waals surface area contributed by atoms with Crippen molar-refractivity contribution in [1.82, 2.24) is 10.6 Å². The lowest BCUT2D eigenvalue weighted by molar-refractivity contribution is -0.344. The lowest BCUT2D eigenvalue weighted by Gasteiger charge is -2.49. The molecule has 0 aromatic carbocycles. The summed E-state index contributed by atoms with van der Waals surface area (Å²) in [6, 6.07) is -1.94. The van der Waals surface area contributed by atoms with Gasteiger partial charge in [-0.2, -0.15) is 8.42 Å². The Hall–Kier alpha value is -2.46. The van der Waals surface area contributed by atoms with Crippen LogP contribution in [0.15, 0.2) is 12.2 Å². The average Bonchev–Trinajstić information content (AvgIpc) is 2.60. The van der Waals surface area contributed by atoms with E-state index in [1.165, 1.54) is 166 Å². The molecule has 0 unspecified atom stereocenters. The van der Waals surface area contributed by atoms with Gasteiger partial charge in [0.05, 0.1) is 44.1 Å². The number of aliphatic carboxylic acids is 1. The lowest BCUT2D eigenvalue weighted by Crippen LogP contribution is -2.69. The van der Waals surface area contributed by atoms with Gasteiger partial charge in [0.1, 0.15) is 48.8 Å². The normalized spacial score (nSPS) is 25.1. The van der Waals surface area contributed by atoms with E-state index in [-0.39, 0.29) is 12.5 Å². The van der Waals surface area contributed by atoms with Crippen molar-refractivity contribution in [2.75, 3.05) is 76.7 Å². The van der Waals surface area contributed by atoms with Crippen LogP contribution in [-0.4, -0.2) is 198 Å². The topological polar surface area (TPSA) is 270 Å². The SMILES string of the molecule is CCCCCCCCCCCCCCCC[C@@H](OC)C(=O)N[C@@H](CO[C@@H]1O[C@H](CO[C@]2(C(=O)O)C[C@H](OC)[C@@H](NC(C)=O)[C@H]([C@H](OC)[C@@H](COC)OS(=O)(=O)O)O2)[C@@H](OC)[C@H](OC)[C@H]1OC)[C@@H](/C=C/CCCCCCCCCC(C)C)OC. The Bertz CT molecular complexity index is 1850. The summed E-state index contributed by atoms with van der Waals surface area (Å²) in [5, 5.41) is 16.8. The Morgan fingerprint density at radius 3 is 1.72 bits per heavy atom. The summed E-state index contributed by atoms with van der Waals surface area (Å²) in [5.74, 6) is -4.36. The first-order valence-electron chi connectivity index (χ1n) is 30.7. The van der Waals surface area contributed by atoms with Crippen molar-refractivity contribution in [2.24, 2.45) is 5.92 Å². The minimum absolute atomic E-state index is 0.149. The van der Waals surface area contributed by atoms with Crippen LogP contribution < -0.4 is 10.6 Å². The predicted octanol–water partition coefficient (Wildman–Crippen LogP) is 8.84. The van der Waals surface area contributed by atoms with Crippen molar-refractivity contribution < 1.29 is 93.5 Å². The zero-order valence-electron chi connectivity index (χ0n) is 52.7. The van der Waals surface area contributed by atoms with Crippen molar-refractivity contribution in [1.29, 1.82) is 0 Å². The first kappa shape index (κ1) is 76.6. The van der Waals surface area contributed by atoms with Crippen molar-refractivity contribution >= 4 is 28.2 Å². The van der Waals surface area contributed by atoms with Crippen LogP contribution in [0.3, 0.4) is 0 Å². The van der Waals surface area contributed by atoms with Crippen LogP contribution in [0.4, 0.5) is 0 Å². The first-order valence-corrected chi connectivity index (χ1v) is 32.1. The van der Waals surface area contributed by atoms with E-state index in [0.717, 1.165) is 44.4 Å². The van der Waals surface area contributed by atoms with Crippen molar-refractivity contribution in [3.63, 3.8) is 0 Å². The minimum Gasteiger partial charge on any atom is -0.477 e. The van der Waals surface area contributed by atoms with Gasteiger partial charge in [0, 0.05) is 70.2 Å². The van der Waals surface area contributed by atoms with E-state index >= 15 is 0 Å². The van der Waals surface area contributed by atoms with Gasteiger partial charge < -0.3 is 72.6 Å². The molecule has 23 heteroatoms. The first-order chi connectivity index (χ1) is 39.8. The Labute approximate surface area is 498 Å². The third-order valence-corrected chi connectivity index (χ3v) is 16.3. The number of hydrogen-bond donors (Lipinski definition) is 4. The largest absolute Gasteiger partial charge is 0.477 e. The summed E-state index contributed by atoms with van der Waals surface area (Å²) in [7, 11) is 5.97. The maximum Gasteiger partial charge on any atom is 0.397 e. The van der Waals surface area contributed by atoms with Crippen LogP contribution >= 0.6 is 0 Å². The summed E-state index contributed by atoms with van der Waals surface area (Å²) in [6.07, 6.45) is 19.1. The van der Waals surface area contributed by atoms with Crippen LogP contribution in [0.1, 0.15) is 188 Å². The highest BCUT2D eigenvalue weighted by atomic mass is 32.3. The number of hydrogen-bond acceptors (Lipinski definition) is 18. The molecule has 2 saturated heterocycles. The third-order valence-electron chi connectivity index (χ3n) is 15.8. The molecule has 83 heavy (non-hydrogen) atoms. The number of amides is 2. The maximum absolute atomic E-state index is 14.2. The number of carbonyl (C=O) groups is 3. The van der Waals surface area contributed by atoms with E-state index in [4.69, 9.17) is 61.0 Å². The van der Waals surface area contributed by atoms with Gasteiger partial charge in [-0.05, 0) is 25.2 Å². The number of carbonyl (C=O) groups excluding carboxylic acids is 2. The van der Waals surface area contributed by atoms with Gasteiger partial charge in [-0.1, -0.05) is 168 Å². The molecule has 2 aliphatic rings. The molecule has 2 rings (SSSR count). The van der Waals surface area contributed by atoms with Crippen LogP contribution in [0.25, 0.3) is 0 Å². The Morgan fingerprint density at radius 1 is 0.699 bits per heavy atom.